The Morgan fingerprint density at radius 2 is 1.87 bits per heavy atom. The topological polar surface area (TPSA) is 84.9 Å². The summed E-state index contributed by atoms with van der Waals surface area (Å²) in [6.45, 7) is 5.67. The average Bonchev–Trinajstić information content (AvgIpc) is 2.66. The predicted octanol–water partition coefficient (Wildman–Crippen LogP) is 4.06. The van der Waals surface area contributed by atoms with Crippen LogP contribution in [0.5, 0.6) is 11.5 Å². The van der Waals surface area contributed by atoms with Crippen molar-refractivity contribution in [1.82, 2.24) is 5.32 Å². The van der Waals surface area contributed by atoms with Gasteiger partial charge in [-0.1, -0.05) is 12.1 Å². The van der Waals surface area contributed by atoms with E-state index in [-0.39, 0.29) is 11.7 Å². The Labute approximate surface area is 188 Å². The lowest BCUT2D eigenvalue weighted by atomic mass is 10.1. The number of ether oxygens (including phenoxy) is 2. The summed E-state index contributed by atoms with van der Waals surface area (Å²) in [5.41, 5.74) is 1.70. The second-order valence-electron chi connectivity index (χ2n) is 7.00. The number of rotatable bonds is 5. The molecule has 30 heavy (non-hydrogen) atoms. The van der Waals surface area contributed by atoms with Crippen LogP contribution in [-0.4, -0.2) is 31.1 Å². The summed E-state index contributed by atoms with van der Waals surface area (Å²) in [6, 6.07) is 9.62. The number of hydrogen-bond donors (Lipinski definition) is 1. The summed E-state index contributed by atoms with van der Waals surface area (Å²) in [5.74, 6) is -0.361. The third kappa shape index (κ3) is 4.48. The Kier molecular flexibility index (Phi) is 6.45. The van der Waals surface area contributed by atoms with Crippen LogP contribution < -0.4 is 19.7 Å². The molecule has 0 saturated carbocycles. The Bertz CT molecular complexity index is 1060. The van der Waals surface area contributed by atoms with Crippen molar-refractivity contribution >= 4 is 52.2 Å². The van der Waals surface area contributed by atoms with Gasteiger partial charge in [0.15, 0.2) is 11.5 Å². The molecule has 0 aliphatic carbocycles. The van der Waals surface area contributed by atoms with E-state index in [1.807, 2.05) is 26.8 Å². The number of anilines is 1. The molecule has 156 valence electrons. The number of carbonyl (C=O) groups is 3. The highest BCUT2D eigenvalue weighted by Gasteiger charge is 2.36. The van der Waals surface area contributed by atoms with Crippen LogP contribution in [0.1, 0.15) is 25.0 Å². The number of barbiturate groups is 1. The molecule has 1 aliphatic rings. The number of aryl methyl sites for hydroxylation is 1. The van der Waals surface area contributed by atoms with Gasteiger partial charge in [0.2, 0.25) is 0 Å². The lowest BCUT2D eigenvalue weighted by Gasteiger charge is -2.26. The Hall–Kier alpha value is -2.88. The van der Waals surface area contributed by atoms with Gasteiger partial charge in [-0.05, 0) is 84.8 Å². The average molecular weight is 520 g/mol. The van der Waals surface area contributed by atoms with Crippen LogP contribution in [0.15, 0.2) is 42.0 Å². The maximum absolute atomic E-state index is 13.0. The van der Waals surface area contributed by atoms with Gasteiger partial charge in [-0.3, -0.25) is 14.9 Å². The second-order valence-corrected chi connectivity index (χ2v) is 8.16. The number of nitrogens with zero attached hydrogens (tertiary/aromatic N) is 1. The molecule has 0 bridgehead atoms. The van der Waals surface area contributed by atoms with Crippen LogP contribution >= 0.6 is 22.6 Å². The molecule has 1 N–H and O–H groups in total. The first-order valence-electron chi connectivity index (χ1n) is 9.23. The van der Waals surface area contributed by atoms with E-state index in [1.165, 1.54) is 13.2 Å². The molecule has 1 heterocycles. The standard InChI is InChI=1S/C22H21IN2O5/c1-12(2)30-19-17(23)10-14(11-18(19)29-4)9-16-20(26)24-22(28)25(21(16)27)15-7-5-6-13(3)8-15/h5-12H,1-4H3,(H,24,26,28)/b16-9+. The summed E-state index contributed by atoms with van der Waals surface area (Å²) in [7, 11) is 1.52. The van der Waals surface area contributed by atoms with E-state index in [4.69, 9.17) is 9.47 Å². The van der Waals surface area contributed by atoms with E-state index in [9.17, 15) is 14.4 Å². The van der Waals surface area contributed by atoms with Gasteiger partial charge in [0, 0.05) is 0 Å². The number of carbonyl (C=O) groups excluding carboxylic acids is 3. The number of hydrogen-bond acceptors (Lipinski definition) is 5. The first-order chi connectivity index (χ1) is 14.2. The van der Waals surface area contributed by atoms with E-state index in [0.717, 1.165) is 14.0 Å². The summed E-state index contributed by atoms with van der Waals surface area (Å²) in [6.07, 6.45) is 1.40. The highest BCUT2D eigenvalue weighted by atomic mass is 127. The Morgan fingerprint density at radius 1 is 1.13 bits per heavy atom. The minimum Gasteiger partial charge on any atom is -0.493 e. The van der Waals surface area contributed by atoms with E-state index < -0.39 is 17.8 Å². The molecule has 0 aromatic heterocycles. The van der Waals surface area contributed by atoms with E-state index in [0.29, 0.717) is 22.7 Å². The minimum atomic E-state index is -0.777. The van der Waals surface area contributed by atoms with Gasteiger partial charge in [-0.25, -0.2) is 9.69 Å². The molecule has 0 radical (unpaired) electrons. The van der Waals surface area contributed by atoms with Gasteiger partial charge in [-0.15, -0.1) is 0 Å². The quantitative estimate of drug-likeness (QED) is 0.365. The molecule has 0 unspecified atom stereocenters. The highest BCUT2D eigenvalue weighted by molar-refractivity contribution is 14.1. The van der Waals surface area contributed by atoms with Crippen molar-refractivity contribution in [3.05, 3.63) is 56.7 Å². The number of imide groups is 2. The van der Waals surface area contributed by atoms with Gasteiger partial charge < -0.3 is 9.47 Å². The maximum Gasteiger partial charge on any atom is 0.335 e. The van der Waals surface area contributed by atoms with Crippen molar-refractivity contribution in [2.75, 3.05) is 12.0 Å². The number of halogens is 1. The lowest BCUT2D eigenvalue weighted by Crippen LogP contribution is -2.54. The monoisotopic (exact) mass is 520 g/mol. The summed E-state index contributed by atoms with van der Waals surface area (Å²) in [5, 5.41) is 2.23. The fourth-order valence-corrected chi connectivity index (χ4v) is 3.75. The molecule has 1 fully saturated rings. The Morgan fingerprint density at radius 3 is 2.50 bits per heavy atom. The van der Waals surface area contributed by atoms with Gasteiger partial charge in [0.05, 0.1) is 22.5 Å². The van der Waals surface area contributed by atoms with Crippen molar-refractivity contribution in [2.45, 2.75) is 26.9 Å². The third-order valence-corrected chi connectivity index (χ3v) is 5.08. The molecule has 3 rings (SSSR count). The normalized spacial score (nSPS) is 15.6. The van der Waals surface area contributed by atoms with Crippen molar-refractivity contribution < 1.29 is 23.9 Å². The number of methoxy groups -OCH3 is 1. The van der Waals surface area contributed by atoms with Crippen LogP contribution in [0.25, 0.3) is 6.08 Å². The fraction of sp³-hybridized carbons (Fsp3) is 0.227. The van der Waals surface area contributed by atoms with Gasteiger partial charge in [0.25, 0.3) is 11.8 Å². The zero-order valence-electron chi connectivity index (χ0n) is 17.0. The predicted molar refractivity (Wildman–Crippen MR) is 122 cm³/mol. The molecule has 2 aromatic rings. The maximum atomic E-state index is 13.0. The molecule has 1 aliphatic heterocycles. The molecule has 8 heteroatoms. The molecule has 7 nitrogen and oxygen atoms in total. The SMILES string of the molecule is COc1cc(/C=C2\C(=O)NC(=O)N(c3cccc(C)c3)C2=O)cc(I)c1OC(C)C. The summed E-state index contributed by atoms with van der Waals surface area (Å²) in [4.78, 5) is 38.7. The first-order valence-corrected chi connectivity index (χ1v) is 10.3. The van der Waals surface area contributed by atoms with Crippen LogP contribution in [0.2, 0.25) is 0 Å². The van der Waals surface area contributed by atoms with Crippen LogP contribution in [0.4, 0.5) is 10.5 Å². The largest absolute Gasteiger partial charge is 0.493 e. The van der Waals surface area contributed by atoms with Crippen LogP contribution in [0.3, 0.4) is 0 Å². The molecular formula is C22H21IN2O5. The summed E-state index contributed by atoms with van der Waals surface area (Å²) >= 11 is 2.11. The molecule has 1 saturated heterocycles. The van der Waals surface area contributed by atoms with Crippen molar-refractivity contribution in [3.8, 4) is 11.5 Å². The zero-order valence-corrected chi connectivity index (χ0v) is 19.1. The smallest absolute Gasteiger partial charge is 0.335 e. The Balaban J connectivity index is 2.03. The molecule has 2 aromatic carbocycles. The molecular weight excluding hydrogens is 499 g/mol. The third-order valence-electron chi connectivity index (χ3n) is 4.28. The van der Waals surface area contributed by atoms with Gasteiger partial charge >= 0.3 is 6.03 Å². The molecule has 0 atom stereocenters. The zero-order chi connectivity index (χ0) is 22.0. The van der Waals surface area contributed by atoms with E-state index >= 15 is 0 Å². The number of benzene rings is 2. The number of nitrogens with one attached hydrogen (secondary N) is 1. The fourth-order valence-electron chi connectivity index (χ4n) is 3.00. The lowest BCUT2D eigenvalue weighted by molar-refractivity contribution is -0.122. The van der Waals surface area contributed by atoms with Gasteiger partial charge in [0.1, 0.15) is 5.57 Å². The highest BCUT2D eigenvalue weighted by Crippen LogP contribution is 2.35. The van der Waals surface area contributed by atoms with Crippen molar-refractivity contribution in [3.63, 3.8) is 0 Å². The van der Waals surface area contributed by atoms with Gasteiger partial charge in [-0.2, -0.15) is 0 Å². The van der Waals surface area contributed by atoms with Crippen molar-refractivity contribution in [2.24, 2.45) is 0 Å². The molecule has 0 spiro atoms. The van der Waals surface area contributed by atoms with Crippen LogP contribution in [0, 0.1) is 10.5 Å². The van der Waals surface area contributed by atoms with E-state index in [1.54, 1.807) is 30.3 Å². The van der Waals surface area contributed by atoms with E-state index in [2.05, 4.69) is 27.9 Å². The number of urea groups is 1. The second kappa shape index (κ2) is 8.86. The van der Waals surface area contributed by atoms with Crippen LogP contribution in [-0.2, 0) is 9.59 Å². The first kappa shape index (κ1) is 21.8. The minimum absolute atomic E-state index is 0.0452. The number of amides is 4. The van der Waals surface area contributed by atoms with Crippen molar-refractivity contribution in [1.29, 1.82) is 0 Å². The molecule has 4 amide bonds. The summed E-state index contributed by atoms with van der Waals surface area (Å²) < 4.78 is 12.0.